The van der Waals surface area contributed by atoms with Crippen molar-refractivity contribution in [1.82, 2.24) is 14.5 Å². The van der Waals surface area contributed by atoms with Crippen LogP contribution in [0.15, 0.2) is 24.3 Å². The molecule has 2 aromatic heterocycles. The predicted molar refractivity (Wildman–Crippen MR) is 118 cm³/mol. The van der Waals surface area contributed by atoms with Crippen molar-refractivity contribution in [3.05, 3.63) is 29.8 Å². The van der Waals surface area contributed by atoms with Gasteiger partial charge in [0.05, 0.1) is 17.6 Å². The van der Waals surface area contributed by atoms with Crippen molar-refractivity contribution in [1.29, 1.82) is 0 Å². The zero-order valence-corrected chi connectivity index (χ0v) is 17.8. The van der Waals surface area contributed by atoms with Gasteiger partial charge in [0.2, 0.25) is 0 Å². The standard InChI is InChI=1S/C23H32N4O2/c1-4-6-7-8-9-12-15-29-23(28)19-20-22(27(21(19)24)16(3)5-2)26-18-14-11-10-13-17(18)25-20/h10-11,13-14,16H,4-9,12,15,24H2,1-3H3/t16-/m0/s1. The maximum Gasteiger partial charge on any atom is 0.344 e. The molecular weight excluding hydrogens is 364 g/mol. The third-order valence-corrected chi connectivity index (χ3v) is 5.50. The number of carbonyl (C=O) groups excluding carboxylic acids is 1. The second-order valence-electron chi connectivity index (χ2n) is 7.68. The summed E-state index contributed by atoms with van der Waals surface area (Å²) in [6.45, 7) is 6.76. The average molecular weight is 397 g/mol. The van der Waals surface area contributed by atoms with Crippen LogP contribution in [0.3, 0.4) is 0 Å². The molecule has 3 aromatic rings. The van der Waals surface area contributed by atoms with Crippen molar-refractivity contribution in [3.63, 3.8) is 0 Å². The van der Waals surface area contributed by atoms with E-state index in [1.165, 1.54) is 25.7 Å². The van der Waals surface area contributed by atoms with E-state index in [0.717, 1.165) is 30.3 Å². The Hall–Kier alpha value is -2.63. The quantitative estimate of drug-likeness (QED) is 0.353. The first-order valence-electron chi connectivity index (χ1n) is 10.8. The minimum absolute atomic E-state index is 0.105. The molecule has 0 unspecified atom stereocenters. The zero-order chi connectivity index (χ0) is 20.8. The molecule has 3 rings (SSSR count). The second kappa shape index (κ2) is 9.72. The van der Waals surface area contributed by atoms with E-state index in [1.807, 2.05) is 28.8 Å². The first kappa shape index (κ1) is 21.1. The number of fused-ring (bicyclic) bond motifs is 2. The number of unbranched alkanes of at least 4 members (excludes halogenated alkanes) is 5. The van der Waals surface area contributed by atoms with Gasteiger partial charge in [-0.15, -0.1) is 0 Å². The molecule has 0 amide bonds. The maximum atomic E-state index is 12.9. The zero-order valence-electron chi connectivity index (χ0n) is 17.8. The molecule has 0 bridgehead atoms. The molecule has 1 atom stereocenters. The summed E-state index contributed by atoms with van der Waals surface area (Å²) in [6.07, 6.45) is 7.72. The number of ether oxygens (including phenoxy) is 1. The Morgan fingerprint density at radius 1 is 1.07 bits per heavy atom. The van der Waals surface area contributed by atoms with Crippen molar-refractivity contribution < 1.29 is 9.53 Å². The SMILES string of the molecule is CCCCCCCCOC(=O)c1c(N)n([C@@H](C)CC)c2nc3ccccc3nc12. The minimum atomic E-state index is -0.410. The molecule has 0 aliphatic rings. The van der Waals surface area contributed by atoms with Gasteiger partial charge in [0.15, 0.2) is 5.65 Å². The third kappa shape index (κ3) is 4.52. The topological polar surface area (TPSA) is 83.0 Å². The number of hydrogen-bond acceptors (Lipinski definition) is 5. The monoisotopic (exact) mass is 396 g/mol. The number of hydrogen-bond donors (Lipinski definition) is 1. The van der Waals surface area contributed by atoms with Gasteiger partial charge in [-0.1, -0.05) is 58.1 Å². The molecule has 6 heteroatoms. The molecule has 1 aromatic carbocycles. The molecule has 0 saturated carbocycles. The summed E-state index contributed by atoms with van der Waals surface area (Å²) in [5, 5.41) is 0. The predicted octanol–water partition coefficient (Wildman–Crippen LogP) is 5.66. The van der Waals surface area contributed by atoms with Crippen LogP contribution < -0.4 is 5.73 Å². The van der Waals surface area contributed by atoms with E-state index >= 15 is 0 Å². The van der Waals surface area contributed by atoms with Gasteiger partial charge in [-0.25, -0.2) is 14.8 Å². The van der Waals surface area contributed by atoms with Crippen LogP contribution in [0, 0.1) is 0 Å². The number of aromatic nitrogens is 3. The second-order valence-corrected chi connectivity index (χ2v) is 7.68. The minimum Gasteiger partial charge on any atom is -0.462 e. The third-order valence-electron chi connectivity index (χ3n) is 5.50. The lowest BCUT2D eigenvalue weighted by atomic mass is 10.1. The van der Waals surface area contributed by atoms with Gasteiger partial charge in [0.1, 0.15) is 16.9 Å². The fourth-order valence-electron chi connectivity index (χ4n) is 3.63. The number of para-hydroxylation sites is 2. The summed E-state index contributed by atoms with van der Waals surface area (Å²) >= 11 is 0. The summed E-state index contributed by atoms with van der Waals surface area (Å²) < 4.78 is 7.48. The number of benzene rings is 1. The number of rotatable bonds is 10. The fraction of sp³-hybridized carbons (Fsp3) is 0.522. The molecule has 0 aliphatic carbocycles. The van der Waals surface area contributed by atoms with Gasteiger partial charge in [-0.3, -0.25) is 0 Å². The van der Waals surface area contributed by atoms with E-state index in [4.69, 9.17) is 20.4 Å². The van der Waals surface area contributed by atoms with Crippen LogP contribution in [0.5, 0.6) is 0 Å². The highest BCUT2D eigenvalue weighted by atomic mass is 16.5. The average Bonchev–Trinajstić information content (AvgIpc) is 3.01. The molecule has 0 saturated heterocycles. The number of anilines is 1. The number of nitrogens with two attached hydrogens (primary N) is 1. The Morgan fingerprint density at radius 2 is 1.72 bits per heavy atom. The Balaban J connectivity index is 1.87. The fourth-order valence-corrected chi connectivity index (χ4v) is 3.63. The van der Waals surface area contributed by atoms with E-state index in [2.05, 4.69) is 20.8 Å². The van der Waals surface area contributed by atoms with E-state index in [1.54, 1.807) is 0 Å². The van der Waals surface area contributed by atoms with E-state index in [0.29, 0.717) is 29.2 Å². The molecule has 2 N–H and O–H groups in total. The van der Waals surface area contributed by atoms with E-state index < -0.39 is 5.97 Å². The molecule has 0 fully saturated rings. The highest BCUT2D eigenvalue weighted by molar-refractivity contribution is 6.08. The summed E-state index contributed by atoms with van der Waals surface area (Å²) in [6, 6.07) is 7.76. The van der Waals surface area contributed by atoms with Crippen molar-refractivity contribution in [2.75, 3.05) is 12.3 Å². The highest BCUT2D eigenvalue weighted by Gasteiger charge is 2.26. The molecule has 29 heavy (non-hydrogen) atoms. The van der Waals surface area contributed by atoms with Crippen molar-refractivity contribution in [3.8, 4) is 0 Å². The van der Waals surface area contributed by atoms with Gasteiger partial charge in [0.25, 0.3) is 0 Å². The lowest BCUT2D eigenvalue weighted by Crippen LogP contribution is -2.12. The summed E-state index contributed by atoms with van der Waals surface area (Å²) in [5.74, 6) is -0.0229. The van der Waals surface area contributed by atoms with Crippen LogP contribution in [0.4, 0.5) is 5.82 Å². The Morgan fingerprint density at radius 3 is 2.41 bits per heavy atom. The largest absolute Gasteiger partial charge is 0.462 e. The molecule has 0 radical (unpaired) electrons. The molecule has 0 spiro atoms. The summed E-state index contributed by atoms with van der Waals surface area (Å²) in [5.41, 5.74) is 9.45. The first-order valence-corrected chi connectivity index (χ1v) is 10.8. The van der Waals surface area contributed by atoms with E-state index in [9.17, 15) is 4.79 Å². The Labute approximate surface area is 172 Å². The van der Waals surface area contributed by atoms with Gasteiger partial charge in [-0.05, 0) is 31.9 Å². The summed E-state index contributed by atoms with van der Waals surface area (Å²) in [7, 11) is 0. The van der Waals surface area contributed by atoms with Crippen LogP contribution in [-0.4, -0.2) is 27.1 Å². The molecule has 6 nitrogen and oxygen atoms in total. The maximum absolute atomic E-state index is 12.9. The first-order chi connectivity index (χ1) is 14.1. The van der Waals surface area contributed by atoms with Gasteiger partial charge >= 0.3 is 5.97 Å². The van der Waals surface area contributed by atoms with Crippen molar-refractivity contribution in [2.24, 2.45) is 0 Å². The van der Waals surface area contributed by atoms with Crippen molar-refractivity contribution >= 4 is 34.0 Å². The van der Waals surface area contributed by atoms with Crippen LogP contribution in [0.1, 0.15) is 82.1 Å². The molecule has 2 heterocycles. The number of carbonyl (C=O) groups is 1. The number of esters is 1. The number of nitrogen functional groups attached to an aromatic ring is 1. The van der Waals surface area contributed by atoms with Crippen LogP contribution in [0.2, 0.25) is 0 Å². The van der Waals surface area contributed by atoms with Gasteiger partial charge in [0, 0.05) is 6.04 Å². The lowest BCUT2D eigenvalue weighted by molar-refractivity contribution is 0.0501. The van der Waals surface area contributed by atoms with E-state index in [-0.39, 0.29) is 6.04 Å². The normalized spacial score (nSPS) is 12.5. The smallest absolute Gasteiger partial charge is 0.344 e. The molecule has 156 valence electrons. The Bertz CT molecular complexity index is 980. The Kier molecular flexibility index (Phi) is 7.07. The number of nitrogens with zero attached hydrogens (tertiary/aromatic N) is 3. The van der Waals surface area contributed by atoms with Crippen molar-refractivity contribution in [2.45, 2.75) is 71.8 Å². The van der Waals surface area contributed by atoms with Crippen LogP contribution >= 0.6 is 0 Å². The molecular formula is C23H32N4O2. The van der Waals surface area contributed by atoms with Crippen LogP contribution in [-0.2, 0) is 4.74 Å². The van der Waals surface area contributed by atoms with Gasteiger partial charge < -0.3 is 15.0 Å². The summed E-state index contributed by atoms with van der Waals surface area (Å²) in [4.78, 5) is 22.4. The van der Waals surface area contributed by atoms with Gasteiger partial charge in [-0.2, -0.15) is 0 Å². The lowest BCUT2D eigenvalue weighted by Gasteiger charge is -2.14. The van der Waals surface area contributed by atoms with Crippen LogP contribution in [0.25, 0.3) is 22.2 Å². The highest BCUT2D eigenvalue weighted by Crippen LogP contribution is 2.32. The molecule has 0 aliphatic heterocycles.